The van der Waals surface area contributed by atoms with Crippen molar-refractivity contribution in [3.8, 4) is 0 Å². The number of methoxy groups -OCH3 is 1. The van der Waals surface area contributed by atoms with Crippen molar-refractivity contribution >= 4 is 0 Å². The molecule has 2 unspecified atom stereocenters. The lowest BCUT2D eigenvalue weighted by Gasteiger charge is -2.16. The van der Waals surface area contributed by atoms with Gasteiger partial charge in [-0.1, -0.05) is 17.7 Å². The Morgan fingerprint density at radius 1 is 1.38 bits per heavy atom. The first-order valence-corrected chi connectivity index (χ1v) is 5.59. The van der Waals surface area contributed by atoms with Crippen LogP contribution in [-0.4, -0.2) is 13.2 Å². The van der Waals surface area contributed by atoms with Crippen LogP contribution in [0.15, 0.2) is 18.2 Å². The van der Waals surface area contributed by atoms with E-state index in [9.17, 15) is 4.39 Å². The third-order valence-electron chi connectivity index (χ3n) is 2.84. The zero-order chi connectivity index (χ0) is 12.1. The second-order valence-electron chi connectivity index (χ2n) is 4.26. The van der Waals surface area contributed by atoms with E-state index in [1.165, 1.54) is 6.07 Å². The van der Waals surface area contributed by atoms with Crippen LogP contribution in [0, 0.1) is 12.7 Å². The summed E-state index contributed by atoms with van der Waals surface area (Å²) in [5.74, 6) is -0.219. The first-order chi connectivity index (χ1) is 7.54. The van der Waals surface area contributed by atoms with Crippen LogP contribution in [0.2, 0.25) is 0 Å². The van der Waals surface area contributed by atoms with Gasteiger partial charge in [-0.05, 0) is 32.8 Å². The number of nitrogens with two attached hydrogens (primary N) is 1. The maximum Gasteiger partial charge on any atom is 0.127 e. The predicted molar refractivity (Wildman–Crippen MR) is 63.8 cm³/mol. The summed E-state index contributed by atoms with van der Waals surface area (Å²) in [6, 6.07) is 4.79. The van der Waals surface area contributed by atoms with Crippen molar-refractivity contribution in [1.82, 2.24) is 0 Å². The monoisotopic (exact) mass is 225 g/mol. The molecule has 16 heavy (non-hydrogen) atoms. The standard InChI is InChI=1S/C13H20FNO/c1-9-4-6-12(14)11(8-9)13(15)7-5-10(2)16-3/h4,6,8,10,13H,5,7,15H2,1-3H3. The normalized spacial score (nSPS) is 14.8. The Morgan fingerprint density at radius 3 is 2.69 bits per heavy atom. The number of hydrogen-bond acceptors (Lipinski definition) is 2. The number of hydrogen-bond donors (Lipinski definition) is 1. The van der Waals surface area contributed by atoms with E-state index in [1.54, 1.807) is 13.2 Å². The van der Waals surface area contributed by atoms with Gasteiger partial charge in [0.2, 0.25) is 0 Å². The van der Waals surface area contributed by atoms with Crippen LogP contribution in [0.5, 0.6) is 0 Å². The molecule has 1 rings (SSSR count). The molecular formula is C13H20FNO. The van der Waals surface area contributed by atoms with E-state index in [-0.39, 0.29) is 18.0 Å². The van der Waals surface area contributed by atoms with Gasteiger partial charge in [-0.2, -0.15) is 0 Å². The quantitative estimate of drug-likeness (QED) is 0.836. The highest BCUT2D eigenvalue weighted by Gasteiger charge is 2.12. The van der Waals surface area contributed by atoms with Crippen molar-refractivity contribution in [2.45, 2.75) is 38.8 Å². The third-order valence-corrected chi connectivity index (χ3v) is 2.84. The molecule has 2 nitrogen and oxygen atoms in total. The van der Waals surface area contributed by atoms with Gasteiger partial charge in [-0.15, -0.1) is 0 Å². The van der Waals surface area contributed by atoms with Gasteiger partial charge in [0.15, 0.2) is 0 Å². The maximum absolute atomic E-state index is 13.5. The molecule has 0 aliphatic heterocycles. The third kappa shape index (κ3) is 3.58. The molecule has 0 radical (unpaired) electrons. The van der Waals surface area contributed by atoms with Crippen molar-refractivity contribution in [1.29, 1.82) is 0 Å². The number of ether oxygens (including phenoxy) is 1. The molecule has 0 aromatic heterocycles. The fourth-order valence-corrected chi connectivity index (χ4v) is 1.63. The molecule has 90 valence electrons. The molecule has 0 heterocycles. The number of aryl methyl sites for hydroxylation is 1. The van der Waals surface area contributed by atoms with Crippen LogP contribution in [0.4, 0.5) is 4.39 Å². The molecular weight excluding hydrogens is 205 g/mol. The van der Waals surface area contributed by atoms with Crippen LogP contribution in [-0.2, 0) is 4.74 Å². The molecule has 1 aromatic carbocycles. The smallest absolute Gasteiger partial charge is 0.127 e. The fraction of sp³-hybridized carbons (Fsp3) is 0.538. The van der Waals surface area contributed by atoms with E-state index in [4.69, 9.17) is 10.5 Å². The summed E-state index contributed by atoms with van der Waals surface area (Å²) >= 11 is 0. The first-order valence-electron chi connectivity index (χ1n) is 5.59. The summed E-state index contributed by atoms with van der Waals surface area (Å²) in [5, 5.41) is 0. The highest BCUT2D eigenvalue weighted by atomic mass is 19.1. The summed E-state index contributed by atoms with van der Waals surface area (Å²) in [7, 11) is 1.67. The topological polar surface area (TPSA) is 35.2 Å². The molecule has 0 bridgehead atoms. The molecule has 0 saturated heterocycles. The van der Waals surface area contributed by atoms with Gasteiger partial charge < -0.3 is 10.5 Å². The molecule has 0 amide bonds. The van der Waals surface area contributed by atoms with Gasteiger partial charge >= 0.3 is 0 Å². The largest absolute Gasteiger partial charge is 0.382 e. The Morgan fingerprint density at radius 2 is 2.06 bits per heavy atom. The van der Waals surface area contributed by atoms with Gasteiger partial charge in [-0.25, -0.2) is 4.39 Å². The Bertz CT molecular complexity index is 341. The zero-order valence-corrected chi connectivity index (χ0v) is 10.2. The van der Waals surface area contributed by atoms with Gasteiger partial charge in [0, 0.05) is 18.7 Å². The number of halogens is 1. The van der Waals surface area contributed by atoms with Crippen LogP contribution in [0.25, 0.3) is 0 Å². The average Bonchev–Trinajstić information content (AvgIpc) is 2.28. The molecule has 3 heteroatoms. The van der Waals surface area contributed by atoms with E-state index in [2.05, 4.69) is 0 Å². The molecule has 0 spiro atoms. The minimum Gasteiger partial charge on any atom is -0.382 e. The Balaban J connectivity index is 2.65. The Hall–Kier alpha value is -0.930. The van der Waals surface area contributed by atoms with E-state index in [1.807, 2.05) is 19.9 Å². The lowest BCUT2D eigenvalue weighted by molar-refractivity contribution is 0.107. The van der Waals surface area contributed by atoms with Crippen molar-refractivity contribution < 1.29 is 9.13 Å². The highest BCUT2D eigenvalue weighted by Crippen LogP contribution is 2.21. The molecule has 0 saturated carbocycles. The maximum atomic E-state index is 13.5. The van der Waals surface area contributed by atoms with Crippen molar-refractivity contribution in [2.24, 2.45) is 5.73 Å². The first kappa shape index (κ1) is 13.1. The summed E-state index contributed by atoms with van der Waals surface area (Å²) < 4.78 is 18.7. The number of rotatable bonds is 5. The Kier molecular flexibility index (Phi) is 4.90. The van der Waals surface area contributed by atoms with Gasteiger partial charge in [0.1, 0.15) is 5.82 Å². The molecule has 0 aliphatic rings. The summed E-state index contributed by atoms with van der Waals surface area (Å²) in [6.07, 6.45) is 1.74. The molecule has 0 aliphatic carbocycles. The van der Waals surface area contributed by atoms with Crippen LogP contribution < -0.4 is 5.73 Å². The van der Waals surface area contributed by atoms with Crippen LogP contribution in [0.3, 0.4) is 0 Å². The van der Waals surface area contributed by atoms with E-state index in [0.717, 1.165) is 18.4 Å². The summed E-state index contributed by atoms with van der Waals surface area (Å²) in [5.41, 5.74) is 7.61. The fourth-order valence-electron chi connectivity index (χ4n) is 1.63. The Labute approximate surface area is 96.6 Å². The van der Waals surface area contributed by atoms with E-state index < -0.39 is 0 Å². The zero-order valence-electron chi connectivity index (χ0n) is 10.2. The summed E-state index contributed by atoms with van der Waals surface area (Å²) in [4.78, 5) is 0. The summed E-state index contributed by atoms with van der Waals surface area (Å²) in [6.45, 7) is 3.92. The molecule has 2 atom stereocenters. The van der Waals surface area contributed by atoms with Crippen molar-refractivity contribution in [2.75, 3.05) is 7.11 Å². The van der Waals surface area contributed by atoms with Gasteiger partial charge in [-0.3, -0.25) is 0 Å². The van der Waals surface area contributed by atoms with Crippen LogP contribution in [0.1, 0.15) is 36.9 Å². The van der Waals surface area contributed by atoms with E-state index >= 15 is 0 Å². The van der Waals surface area contributed by atoms with E-state index in [0.29, 0.717) is 5.56 Å². The second kappa shape index (κ2) is 5.97. The van der Waals surface area contributed by atoms with Gasteiger partial charge in [0.25, 0.3) is 0 Å². The lowest BCUT2D eigenvalue weighted by Crippen LogP contribution is -2.15. The van der Waals surface area contributed by atoms with Crippen LogP contribution >= 0.6 is 0 Å². The van der Waals surface area contributed by atoms with Gasteiger partial charge in [0.05, 0.1) is 6.10 Å². The average molecular weight is 225 g/mol. The predicted octanol–water partition coefficient (Wildman–Crippen LogP) is 2.95. The minimum absolute atomic E-state index is 0.166. The molecule has 1 aromatic rings. The lowest BCUT2D eigenvalue weighted by atomic mass is 9.99. The molecule has 2 N–H and O–H groups in total. The molecule has 0 fully saturated rings. The van der Waals surface area contributed by atoms with Crippen molar-refractivity contribution in [3.05, 3.63) is 35.1 Å². The second-order valence-corrected chi connectivity index (χ2v) is 4.26. The minimum atomic E-state index is -0.252. The SMILES string of the molecule is COC(C)CCC(N)c1cc(C)ccc1F. The van der Waals surface area contributed by atoms with Crippen molar-refractivity contribution in [3.63, 3.8) is 0 Å². The highest BCUT2D eigenvalue weighted by molar-refractivity contribution is 5.26. The number of benzene rings is 1.